The van der Waals surface area contributed by atoms with Crippen LogP contribution in [-0.4, -0.2) is 53.1 Å². The van der Waals surface area contributed by atoms with Crippen LogP contribution in [0, 0.1) is 0 Å². The molecule has 0 saturated carbocycles. The third-order valence-electron chi connectivity index (χ3n) is 6.02. The molecule has 0 radical (unpaired) electrons. The SMILES string of the molecule is CCCC(O)[C@H](C=S)NOC(=O)CCN1CCC(=C(c2ccccc2)c2ccccc2)CC1. The van der Waals surface area contributed by atoms with E-state index in [-0.39, 0.29) is 5.97 Å². The zero-order valence-corrected chi connectivity index (χ0v) is 20.1. The van der Waals surface area contributed by atoms with Crippen LogP contribution in [0.4, 0.5) is 0 Å². The number of nitrogens with one attached hydrogen (secondary N) is 1. The van der Waals surface area contributed by atoms with E-state index >= 15 is 0 Å². The van der Waals surface area contributed by atoms with Crippen LogP contribution in [0.5, 0.6) is 0 Å². The smallest absolute Gasteiger partial charge is 0.326 e. The Labute approximate surface area is 202 Å². The lowest BCUT2D eigenvalue weighted by Gasteiger charge is -2.30. The van der Waals surface area contributed by atoms with Gasteiger partial charge in [-0.3, -0.25) is 4.79 Å². The first kappa shape index (κ1) is 25.2. The molecule has 3 rings (SSSR count). The van der Waals surface area contributed by atoms with Crippen molar-refractivity contribution < 1.29 is 14.7 Å². The number of hydrogen-bond acceptors (Lipinski definition) is 6. The molecule has 0 bridgehead atoms. The van der Waals surface area contributed by atoms with Gasteiger partial charge in [-0.25, -0.2) is 0 Å². The van der Waals surface area contributed by atoms with Gasteiger partial charge in [0, 0.05) is 25.0 Å². The number of hydroxylamine groups is 1. The maximum Gasteiger partial charge on any atom is 0.326 e. The zero-order valence-electron chi connectivity index (χ0n) is 19.3. The number of rotatable bonds is 11. The fraction of sp³-hybridized carbons (Fsp3) is 0.407. The normalized spacial score (nSPS) is 16.1. The van der Waals surface area contributed by atoms with Gasteiger partial charge >= 0.3 is 5.97 Å². The van der Waals surface area contributed by atoms with Crippen molar-refractivity contribution in [3.8, 4) is 0 Å². The average molecular weight is 467 g/mol. The number of piperidine rings is 1. The van der Waals surface area contributed by atoms with E-state index in [9.17, 15) is 9.90 Å². The minimum absolute atomic E-state index is 0.296. The molecule has 5 nitrogen and oxygen atoms in total. The van der Waals surface area contributed by atoms with E-state index in [0.29, 0.717) is 19.4 Å². The van der Waals surface area contributed by atoms with Gasteiger partial charge in [0.15, 0.2) is 0 Å². The summed E-state index contributed by atoms with van der Waals surface area (Å²) in [5, 5.41) is 11.4. The molecule has 2 atom stereocenters. The number of carbonyl (C=O) groups excluding carboxylic acids is 1. The van der Waals surface area contributed by atoms with E-state index in [1.807, 2.05) is 19.1 Å². The Morgan fingerprint density at radius 3 is 2.18 bits per heavy atom. The number of carbonyl (C=O) groups is 1. The Morgan fingerprint density at radius 1 is 1.09 bits per heavy atom. The van der Waals surface area contributed by atoms with Gasteiger partial charge in [0.05, 0.1) is 18.6 Å². The molecule has 2 aromatic carbocycles. The van der Waals surface area contributed by atoms with Crippen molar-refractivity contribution in [1.29, 1.82) is 0 Å². The van der Waals surface area contributed by atoms with Crippen LogP contribution in [0.15, 0.2) is 66.2 Å². The largest absolute Gasteiger partial charge is 0.391 e. The standard InChI is InChI=1S/C27H34N2O3S/c1-2-9-25(30)24(20-33)28-32-26(31)16-19-29-17-14-23(15-18-29)27(21-10-5-3-6-11-21)22-12-7-4-8-13-22/h3-8,10-13,20,24-25,28,30H,2,9,14-19H2,1H3/t24-,25?/m0/s1. The fourth-order valence-corrected chi connectivity index (χ4v) is 4.42. The van der Waals surface area contributed by atoms with Gasteiger partial charge in [0.25, 0.3) is 0 Å². The van der Waals surface area contributed by atoms with E-state index in [1.165, 1.54) is 27.6 Å². The van der Waals surface area contributed by atoms with Crippen LogP contribution in [0.2, 0.25) is 0 Å². The summed E-state index contributed by atoms with van der Waals surface area (Å²) in [6.07, 6.45) is 3.02. The molecule has 1 unspecified atom stereocenters. The molecule has 1 aliphatic heterocycles. The monoisotopic (exact) mass is 466 g/mol. The van der Waals surface area contributed by atoms with Crippen molar-refractivity contribution in [3.63, 3.8) is 0 Å². The maximum atomic E-state index is 12.2. The molecule has 0 aliphatic carbocycles. The number of nitrogens with zero attached hydrogens (tertiary/aromatic N) is 1. The van der Waals surface area contributed by atoms with E-state index in [1.54, 1.807) is 0 Å². The van der Waals surface area contributed by atoms with Gasteiger partial charge in [-0.2, -0.15) is 0 Å². The van der Waals surface area contributed by atoms with Gasteiger partial charge in [-0.1, -0.05) is 91.8 Å². The van der Waals surface area contributed by atoms with Crippen molar-refractivity contribution in [3.05, 3.63) is 77.4 Å². The lowest BCUT2D eigenvalue weighted by atomic mass is 9.88. The fourth-order valence-electron chi connectivity index (χ4n) is 4.19. The Kier molecular flexibility index (Phi) is 10.2. The highest BCUT2D eigenvalue weighted by Crippen LogP contribution is 2.32. The molecular formula is C27H34N2O3S. The topological polar surface area (TPSA) is 61.8 Å². The van der Waals surface area contributed by atoms with Crippen LogP contribution in [0.3, 0.4) is 0 Å². The van der Waals surface area contributed by atoms with Crippen molar-refractivity contribution in [2.75, 3.05) is 19.6 Å². The zero-order chi connectivity index (χ0) is 23.5. The molecule has 33 heavy (non-hydrogen) atoms. The molecule has 2 aromatic rings. The number of benzene rings is 2. The number of aliphatic hydroxyl groups excluding tert-OH is 1. The van der Waals surface area contributed by atoms with Crippen LogP contribution < -0.4 is 5.48 Å². The van der Waals surface area contributed by atoms with E-state index in [4.69, 9.17) is 17.1 Å². The molecule has 6 heteroatoms. The summed E-state index contributed by atoms with van der Waals surface area (Å²) in [6, 6.07) is 20.6. The van der Waals surface area contributed by atoms with E-state index in [2.05, 4.69) is 58.9 Å². The second-order valence-corrected chi connectivity index (χ2v) is 8.68. The van der Waals surface area contributed by atoms with Gasteiger partial charge in [0.2, 0.25) is 0 Å². The van der Waals surface area contributed by atoms with Gasteiger partial charge in [-0.05, 0) is 36.0 Å². The van der Waals surface area contributed by atoms with Crippen LogP contribution >= 0.6 is 12.2 Å². The van der Waals surface area contributed by atoms with E-state index < -0.39 is 12.1 Å². The number of aliphatic hydroxyl groups is 1. The second-order valence-electron chi connectivity index (χ2n) is 8.41. The third-order valence-corrected chi connectivity index (χ3v) is 6.32. The van der Waals surface area contributed by atoms with Gasteiger partial charge in [-0.15, -0.1) is 5.48 Å². The Morgan fingerprint density at radius 2 is 1.67 bits per heavy atom. The first-order valence-electron chi connectivity index (χ1n) is 11.8. The second kappa shape index (κ2) is 13.4. The Hall–Kier alpha value is -2.38. The summed E-state index contributed by atoms with van der Waals surface area (Å²) in [4.78, 5) is 19.6. The summed E-state index contributed by atoms with van der Waals surface area (Å²) >= 11 is 4.93. The van der Waals surface area contributed by atoms with Crippen molar-refractivity contribution in [2.45, 2.75) is 51.2 Å². The Balaban J connectivity index is 1.54. The summed E-state index contributed by atoms with van der Waals surface area (Å²) in [5.41, 5.74) is 7.90. The molecule has 2 N–H and O–H groups in total. The summed E-state index contributed by atoms with van der Waals surface area (Å²) in [5.74, 6) is -0.337. The summed E-state index contributed by atoms with van der Waals surface area (Å²) < 4.78 is 0. The molecule has 1 fully saturated rings. The lowest BCUT2D eigenvalue weighted by molar-refractivity contribution is -0.153. The minimum atomic E-state index is -0.656. The van der Waals surface area contributed by atoms with Gasteiger partial charge < -0.3 is 14.8 Å². The summed E-state index contributed by atoms with van der Waals surface area (Å²) in [6.45, 7) is 4.46. The first-order chi connectivity index (χ1) is 16.1. The van der Waals surface area contributed by atoms with Crippen molar-refractivity contribution in [1.82, 2.24) is 10.4 Å². The van der Waals surface area contributed by atoms with Crippen LogP contribution in [0.25, 0.3) is 5.57 Å². The molecule has 0 amide bonds. The number of likely N-dealkylation sites (tertiary alicyclic amines) is 1. The number of thiocarbonyl (C=S) groups is 1. The predicted molar refractivity (Wildman–Crippen MR) is 137 cm³/mol. The van der Waals surface area contributed by atoms with Crippen molar-refractivity contribution >= 4 is 29.1 Å². The van der Waals surface area contributed by atoms with E-state index in [0.717, 1.165) is 32.4 Å². The molecular weight excluding hydrogens is 432 g/mol. The van der Waals surface area contributed by atoms with Crippen LogP contribution in [-0.2, 0) is 9.63 Å². The lowest BCUT2D eigenvalue weighted by Crippen LogP contribution is -2.42. The maximum absolute atomic E-state index is 12.2. The quantitative estimate of drug-likeness (QED) is 0.374. The molecule has 1 saturated heterocycles. The minimum Gasteiger partial charge on any atom is -0.391 e. The predicted octanol–water partition coefficient (Wildman–Crippen LogP) is 4.55. The molecule has 0 spiro atoms. The van der Waals surface area contributed by atoms with Crippen LogP contribution in [0.1, 0.15) is 50.2 Å². The Bertz CT molecular complexity index is 866. The highest BCUT2D eigenvalue weighted by atomic mass is 32.1. The molecule has 0 aromatic heterocycles. The third kappa shape index (κ3) is 7.57. The molecule has 1 aliphatic rings. The molecule has 176 valence electrons. The highest BCUT2D eigenvalue weighted by Gasteiger charge is 2.21. The number of hydrogen-bond donors (Lipinski definition) is 2. The summed E-state index contributed by atoms with van der Waals surface area (Å²) in [7, 11) is 0. The van der Waals surface area contributed by atoms with Crippen molar-refractivity contribution in [2.24, 2.45) is 0 Å². The molecule has 1 heterocycles. The first-order valence-corrected chi connectivity index (χ1v) is 12.2. The van der Waals surface area contributed by atoms with Gasteiger partial charge in [0.1, 0.15) is 0 Å². The highest BCUT2D eigenvalue weighted by molar-refractivity contribution is 7.79. The average Bonchev–Trinajstić information content (AvgIpc) is 2.85.